The van der Waals surface area contributed by atoms with E-state index in [0.717, 1.165) is 18.3 Å². The van der Waals surface area contributed by atoms with Crippen LogP contribution in [0.25, 0.3) is 0 Å². The average molecular weight is 192 g/mol. The van der Waals surface area contributed by atoms with Crippen molar-refractivity contribution in [3.05, 3.63) is 12.2 Å². The highest BCUT2D eigenvalue weighted by Gasteiger charge is 2.64. The maximum absolute atomic E-state index is 9.89. The SMILES string of the molecule is O[C@H]1C2CC(C3C4C=CC(C4)C32)[C@@H]1O. The van der Waals surface area contributed by atoms with E-state index in [4.69, 9.17) is 0 Å². The second kappa shape index (κ2) is 2.25. The zero-order chi connectivity index (χ0) is 9.45. The molecule has 4 bridgehead atoms. The molecule has 3 fully saturated rings. The Morgan fingerprint density at radius 3 is 1.79 bits per heavy atom. The summed E-state index contributed by atoms with van der Waals surface area (Å²) in [7, 11) is 0. The van der Waals surface area contributed by atoms with E-state index in [1.54, 1.807) is 0 Å². The topological polar surface area (TPSA) is 40.5 Å². The van der Waals surface area contributed by atoms with Crippen LogP contribution in [0.15, 0.2) is 12.2 Å². The summed E-state index contributed by atoms with van der Waals surface area (Å²) in [4.78, 5) is 0. The third-order valence-electron chi connectivity index (χ3n) is 5.34. The maximum Gasteiger partial charge on any atom is 0.0833 e. The second-order valence-corrected chi connectivity index (χ2v) is 5.65. The van der Waals surface area contributed by atoms with Crippen LogP contribution < -0.4 is 0 Å². The number of aliphatic hydroxyl groups is 2. The predicted octanol–water partition coefficient (Wildman–Crippen LogP) is 0.796. The summed E-state index contributed by atoms with van der Waals surface area (Å²) < 4.78 is 0. The summed E-state index contributed by atoms with van der Waals surface area (Å²) in [6.45, 7) is 0. The molecule has 0 heterocycles. The van der Waals surface area contributed by atoms with Crippen LogP contribution >= 0.6 is 0 Å². The van der Waals surface area contributed by atoms with Gasteiger partial charge in [-0.2, -0.15) is 0 Å². The monoisotopic (exact) mass is 192 g/mol. The third-order valence-corrected chi connectivity index (χ3v) is 5.34. The summed E-state index contributed by atoms with van der Waals surface area (Å²) >= 11 is 0. The summed E-state index contributed by atoms with van der Waals surface area (Å²) in [5.41, 5.74) is 0. The highest BCUT2D eigenvalue weighted by Crippen LogP contribution is 2.65. The summed E-state index contributed by atoms with van der Waals surface area (Å²) in [5, 5.41) is 19.8. The largest absolute Gasteiger partial charge is 0.390 e. The second-order valence-electron chi connectivity index (χ2n) is 5.65. The molecule has 6 unspecified atom stereocenters. The van der Waals surface area contributed by atoms with Crippen LogP contribution in [0.1, 0.15) is 12.8 Å². The fourth-order valence-electron chi connectivity index (χ4n) is 4.97. The Hall–Kier alpha value is -0.340. The van der Waals surface area contributed by atoms with Gasteiger partial charge in [0.2, 0.25) is 0 Å². The molecule has 4 rings (SSSR count). The molecule has 2 N–H and O–H groups in total. The van der Waals surface area contributed by atoms with Gasteiger partial charge in [-0.3, -0.25) is 0 Å². The Bertz CT molecular complexity index is 283. The Morgan fingerprint density at radius 1 is 0.786 bits per heavy atom. The van der Waals surface area contributed by atoms with Gasteiger partial charge >= 0.3 is 0 Å². The highest BCUT2D eigenvalue weighted by atomic mass is 16.3. The molecule has 0 aliphatic heterocycles. The zero-order valence-electron chi connectivity index (χ0n) is 8.08. The minimum atomic E-state index is -0.422. The van der Waals surface area contributed by atoms with Crippen LogP contribution in [0.5, 0.6) is 0 Å². The number of hydrogen-bond donors (Lipinski definition) is 2. The summed E-state index contributed by atoms with van der Waals surface area (Å²) in [5.74, 6) is 3.66. The van der Waals surface area contributed by atoms with Crippen molar-refractivity contribution in [1.82, 2.24) is 0 Å². The molecule has 14 heavy (non-hydrogen) atoms. The maximum atomic E-state index is 9.89. The van der Waals surface area contributed by atoms with Gasteiger partial charge in [-0.05, 0) is 48.3 Å². The Balaban J connectivity index is 1.78. The van der Waals surface area contributed by atoms with Gasteiger partial charge in [-0.25, -0.2) is 0 Å². The standard InChI is InChI=1S/C12H16O2/c13-11-7-4-8(12(11)14)10-6-2-1-5(3-6)9(7)10/h1-2,5-14H,3-4H2/t5?,6?,7?,8?,9?,10?,11-,12-/m0/s1. The first-order valence-corrected chi connectivity index (χ1v) is 5.82. The van der Waals surface area contributed by atoms with Crippen molar-refractivity contribution in [3.63, 3.8) is 0 Å². The lowest BCUT2D eigenvalue weighted by Gasteiger charge is -2.37. The number of rotatable bonds is 0. The molecule has 8 atom stereocenters. The first-order chi connectivity index (χ1) is 6.77. The first-order valence-electron chi connectivity index (χ1n) is 5.82. The fourth-order valence-corrected chi connectivity index (χ4v) is 4.97. The summed E-state index contributed by atoms with van der Waals surface area (Å²) in [6, 6.07) is 0. The molecule has 0 aromatic rings. The van der Waals surface area contributed by atoms with E-state index in [1.165, 1.54) is 6.42 Å². The van der Waals surface area contributed by atoms with Crippen molar-refractivity contribution in [2.45, 2.75) is 25.0 Å². The van der Waals surface area contributed by atoms with Crippen molar-refractivity contribution in [2.75, 3.05) is 0 Å². The lowest BCUT2D eigenvalue weighted by molar-refractivity contribution is -0.0587. The van der Waals surface area contributed by atoms with Gasteiger partial charge in [-0.1, -0.05) is 12.2 Å². The number of hydrogen-bond acceptors (Lipinski definition) is 2. The van der Waals surface area contributed by atoms with Crippen LogP contribution in [0.3, 0.4) is 0 Å². The fraction of sp³-hybridized carbons (Fsp3) is 0.833. The van der Waals surface area contributed by atoms with E-state index < -0.39 is 12.2 Å². The lowest BCUT2D eigenvalue weighted by Crippen LogP contribution is -2.43. The minimum Gasteiger partial charge on any atom is -0.390 e. The van der Waals surface area contributed by atoms with Crippen LogP contribution in [-0.4, -0.2) is 22.4 Å². The Kier molecular flexibility index (Phi) is 1.27. The third kappa shape index (κ3) is 0.664. The van der Waals surface area contributed by atoms with Crippen molar-refractivity contribution < 1.29 is 10.2 Å². The van der Waals surface area contributed by atoms with Gasteiger partial charge < -0.3 is 10.2 Å². The van der Waals surface area contributed by atoms with Gasteiger partial charge in [0.25, 0.3) is 0 Å². The molecule has 0 amide bonds. The van der Waals surface area contributed by atoms with Crippen molar-refractivity contribution >= 4 is 0 Å². The molecule has 0 aromatic carbocycles. The van der Waals surface area contributed by atoms with Crippen molar-refractivity contribution in [3.8, 4) is 0 Å². The molecule has 0 aromatic heterocycles. The molecule has 4 aliphatic carbocycles. The van der Waals surface area contributed by atoms with Gasteiger partial charge in [0.05, 0.1) is 12.2 Å². The summed E-state index contributed by atoms with van der Waals surface area (Å²) in [6.07, 6.45) is 6.23. The molecule has 2 nitrogen and oxygen atoms in total. The van der Waals surface area contributed by atoms with Crippen LogP contribution in [0.2, 0.25) is 0 Å². The number of aliphatic hydroxyl groups excluding tert-OH is 2. The highest BCUT2D eigenvalue weighted by molar-refractivity contribution is 5.22. The zero-order valence-corrected chi connectivity index (χ0v) is 8.08. The van der Waals surface area contributed by atoms with Crippen LogP contribution in [-0.2, 0) is 0 Å². The van der Waals surface area contributed by atoms with E-state index in [0.29, 0.717) is 23.7 Å². The van der Waals surface area contributed by atoms with Gasteiger partial charge in [0.15, 0.2) is 0 Å². The molecular formula is C12H16O2. The smallest absolute Gasteiger partial charge is 0.0833 e. The van der Waals surface area contributed by atoms with Gasteiger partial charge in [0.1, 0.15) is 0 Å². The molecule has 76 valence electrons. The van der Waals surface area contributed by atoms with Gasteiger partial charge in [0, 0.05) is 0 Å². The molecule has 0 spiro atoms. The Labute approximate surface area is 83.6 Å². The van der Waals surface area contributed by atoms with E-state index >= 15 is 0 Å². The van der Waals surface area contributed by atoms with E-state index in [1.807, 2.05) is 0 Å². The molecule has 0 saturated heterocycles. The molecule has 3 saturated carbocycles. The van der Waals surface area contributed by atoms with Gasteiger partial charge in [-0.15, -0.1) is 0 Å². The molecular weight excluding hydrogens is 176 g/mol. The van der Waals surface area contributed by atoms with E-state index in [-0.39, 0.29) is 0 Å². The molecule has 2 heteroatoms. The van der Waals surface area contributed by atoms with Crippen LogP contribution in [0.4, 0.5) is 0 Å². The van der Waals surface area contributed by atoms with E-state index in [2.05, 4.69) is 12.2 Å². The quantitative estimate of drug-likeness (QED) is 0.440. The predicted molar refractivity (Wildman–Crippen MR) is 51.3 cm³/mol. The van der Waals surface area contributed by atoms with Crippen LogP contribution in [0, 0.1) is 35.5 Å². The number of allylic oxidation sites excluding steroid dienone is 2. The van der Waals surface area contributed by atoms with Crippen molar-refractivity contribution in [1.29, 1.82) is 0 Å². The first kappa shape index (κ1) is 7.89. The molecule has 4 aliphatic rings. The number of fused-ring (bicyclic) bond motifs is 9. The van der Waals surface area contributed by atoms with E-state index in [9.17, 15) is 10.2 Å². The lowest BCUT2D eigenvalue weighted by atomic mass is 9.71. The minimum absolute atomic E-state index is 0.403. The Morgan fingerprint density at radius 2 is 1.29 bits per heavy atom. The normalized spacial score (nSPS) is 67.9. The van der Waals surface area contributed by atoms with Crippen molar-refractivity contribution in [2.24, 2.45) is 35.5 Å². The average Bonchev–Trinajstić information content (AvgIpc) is 2.87. The molecule has 0 radical (unpaired) electrons.